The summed E-state index contributed by atoms with van der Waals surface area (Å²) in [5, 5.41) is 9.53. The number of benzene rings is 1. The first-order chi connectivity index (χ1) is 14.9. The quantitative estimate of drug-likeness (QED) is 0.649. The minimum atomic E-state index is -4.53. The smallest absolute Gasteiger partial charge is 0.410 e. The Kier molecular flexibility index (Phi) is 4.53. The molecule has 0 spiro atoms. The van der Waals surface area contributed by atoms with Gasteiger partial charge in [-0.3, -0.25) is 4.79 Å². The SMILES string of the molecule is O=C(NCc1ccc2c(c1)OCO2)c1cnn2c1N[C@H](c1ccco1)C[C@H]2C(F)(F)F. The van der Waals surface area contributed by atoms with Gasteiger partial charge in [-0.25, -0.2) is 4.68 Å². The fraction of sp³-hybridized carbons (Fsp3) is 0.300. The van der Waals surface area contributed by atoms with Gasteiger partial charge in [0.25, 0.3) is 5.91 Å². The first kappa shape index (κ1) is 19.3. The summed E-state index contributed by atoms with van der Waals surface area (Å²) >= 11 is 0. The molecule has 11 heteroatoms. The fourth-order valence-corrected chi connectivity index (χ4v) is 3.73. The first-order valence-corrected chi connectivity index (χ1v) is 9.51. The van der Waals surface area contributed by atoms with Crippen LogP contribution in [0, 0.1) is 0 Å². The maximum atomic E-state index is 13.7. The number of nitrogens with zero attached hydrogens (tertiary/aromatic N) is 2. The Morgan fingerprint density at radius 1 is 1.26 bits per heavy atom. The lowest BCUT2D eigenvalue weighted by Gasteiger charge is -2.32. The largest absolute Gasteiger partial charge is 0.467 e. The predicted octanol–water partition coefficient (Wildman–Crippen LogP) is 3.80. The molecule has 0 saturated carbocycles. The Morgan fingerprint density at radius 3 is 2.87 bits per heavy atom. The van der Waals surface area contributed by atoms with Gasteiger partial charge in [0.1, 0.15) is 17.1 Å². The molecule has 2 aromatic heterocycles. The number of carbonyl (C=O) groups is 1. The second kappa shape index (κ2) is 7.25. The molecular formula is C20H17F3N4O4. The maximum Gasteiger partial charge on any atom is 0.410 e. The Hall–Kier alpha value is -3.63. The lowest BCUT2D eigenvalue weighted by atomic mass is 10.0. The molecule has 1 aromatic carbocycles. The van der Waals surface area contributed by atoms with Crippen LogP contribution in [-0.2, 0) is 6.54 Å². The molecule has 0 bridgehead atoms. The number of furan rings is 1. The number of alkyl halides is 3. The summed E-state index contributed by atoms with van der Waals surface area (Å²) in [5.41, 5.74) is 0.777. The van der Waals surface area contributed by atoms with E-state index in [0.717, 1.165) is 16.4 Å². The Morgan fingerprint density at radius 2 is 2.10 bits per heavy atom. The van der Waals surface area contributed by atoms with E-state index < -0.39 is 24.2 Å². The zero-order chi connectivity index (χ0) is 21.6. The molecule has 2 N–H and O–H groups in total. The van der Waals surface area contributed by atoms with Crippen molar-refractivity contribution in [3.8, 4) is 11.5 Å². The monoisotopic (exact) mass is 434 g/mol. The predicted molar refractivity (Wildman–Crippen MR) is 101 cm³/mol. The van der Waals surface area contributed by atoms with E-state index in [1.807, 2.05) is 0 Å². The van der Waals surface area contributed by atoms with Crippen LogP contribution < -0.4 is 20.1 Å². The average molecular weight is 434 g/mol. The molecule has 2 atom stereocenters. The summed E-state index contributed by atoms with van der Waals surface area (Å²) in [5.74, 6) is 0.997. The third-order valence-corrected chi connectivity index (χ3v) is 5.26. The van der Waals surface area contributed by atoms with Gasteiger partial charge in [0.05, 0.1) is 18.5 Å². The van der Waals surface area contributed by atoms with Gasteiger partial charge in [-0.05, 0) is 29.8 Å². The highest BCUT2D eigenvalue weighted by Gasteiger charge is 2.47. The van der Waals surface area contributed by atoms with Crippen LogP contribution in [0.25, 0.3) is 0 Å². The summed E-state index contributed by atoms with van der Waals surface area (Å²) in [6.07, 6.45) is -2.30. The number of amides is 1. The highest BCUT2D eigenvalue weighted by Crippen LogP contribution is 2.44. The summed E-state index contributed by atoms with van der Waals surface area (Å²) in [7, 11) is 0. The van der Waals surface area contributed by atoms with Crippen molar-refractivity contribution in [3.05, 3.63) is 59.7 Å². The third-order valence-electron chi connectivity index (χ3n) is 5.26. The topological polar surface area (TPSA) is 90.5 Å². The standard InChI is InChI=1S/C20H17F3N4O4/c21-20(22,23)17-7-13(14-2-1-5-29-14)26-18-12(9-25-27(17)18)19(28)24-8-11-3-4-15-16(6-11)31-10-30-15/h1-6,9,13,17,26H,7-8,10H2,(H,24,28)/t13-,17-/m0/s1. The summed E-state index contributed by atoms with van der Waals surface area (Å²) in [6, 6.07) is 5.81. The Labute approximate surface area is 173 Å². The molecule has 0 fully saturated rings. The van der Waals surface area contributed by atoms with Crippen LogP contribution >= 0.6 is 0 Å². The zero-order valence-corrected chi connectivity index (χ0v) is 16.0. The van der Waals surface area contributed by atoms with Crippen LogP contribution in [0.3, 0.4) is 0 Å². The van der Waals surface area contributed by atoms with E-state index in [0.29, 0.717) is 17.3 Å². The van der Waals surface area contributed by atoms with Gasteiger partial charge in [0.2, 0.25) is 6.79 Å². The molecule has 2 aliphatic heterocycles. The molecule has 1 amide bonds. The van der Waals surface area contributed by atoms with Crippen LogP contribution in [0.15, 0.2) is 47.2 Å². The second-order valence-electron chi connectivity index (χ2n) is 7.23. The van der Waals surface area contributed by atoms with Crippen molar-refractivity contribution in [2.75, 3.05) is 12.1 Å². The molecule has 3 aromatic rings. The molecule has 4 heterocycles. The number of nitrogens with one attached hydrogen (secondary N) is 2. The number of anilines is 1. The number of hydrogen-bond acceptors (Lipinski definition) is 6. The number of hydrogen-bond donors (Lipinski definition) is 2. The van der Waals surface area contributed by atoms with E-state index in [4.69, 9.17) is 13.9 Å². The van der Waals surface area contributed by atoms with Gasteiger partial charge in [-0.1, -0.05) is 6.07 Å². The molecule has 31 heavy (non-hydrogen) atoms. The molecule has 2 aliphatic rings. The summed E-state index contributed by atoms with van der Waals surface area (Å²) in [6.45, 7) is 0.293. The van der Waals surface area contributed by atoms with Gasteiger partial charge in [-0.2, -0.15) is 18.3 Å². The Bertz CT molecular complexity index is 1110. The molecule has 0 unspecified atom stereocenters. The molecule has 0 saturated heterocycles. The minimum Gasteiger partial charge on any atom is -0.467 e. The highest BCUT2D eigenvalue weighted by molar-refractivity contribution is 5.98. The van der Waals surface area contributed by atoms with Gasteiger partial charge >= 0.3 is 6.18 Å². The lowest BCUT2D eigenvalue weighted by Crippen LogP contribution is -2.36. The summed E-state index contributed by atoms with van der Waals surface area (Å²) < 4.78 is 57.7. The van der Waals surface area contributed by atoms with Crippen molar-refractivity contribution in [2.45, 2.75) is 31.2 Å². The highest BCUT2D eigenvalue weighted by atomic mass is 19.4. The van der Waals surface area contributed by atoms with E-state index in [1.165, 1.54) is 6.26 Å². The van der Waals surface area contributed by atoms with Crippen LogP contribution in [-0.4, -0.2) is 28.7 Å². The van der Waals surface area contributed by atoms with Gasteiger partial charge in [-0.15, -0.1) is 0 Å². The number of halogens is 3. The number of fused-ring (bicyclic) bond motifs is 2. The van der Waals surface area contributed by atoms with Crippen LogP contribution in [0.4, 0.5) is 19.0 Å². The van der Waals surface area contributed by atoms with Crippen molar-refractivity contribution >= 4 is 11.7 Å². The van der Waals surface area contributed by atoms with E-state index in [2.05, 4.69) is 15.7 Å². The van der Waals surface area contributed by atoms with Crippen LogP contribution in [0.1, 0.15) is 40.2 Å². The van der Waals surface area contributed by atoms with Gasteiger partial charge < -0.3 is 24.5 Å². The Balaban J connectivity index is 1.38. The fourth-order valence-electron chi connectivity index (χ4n) is 3.73. The van der Waals surface area contributed by atoms with Crippen LogP contribution in [0.2, 0.25) is 0 Å². The normalized spacial score (nSPS) is 19.6. The summed E-state index contributed by atoms with van der Waals surface area (Å²) in [4.78, 5) is 12.8. The van der Waals surface area contributed by atoms with E-state index in [9.17, 15) is 18.0 Å². The second-order valence-corrected chi connectivity index (χ2v) is 7.23. The lowest BCUT2D eigenvalue weighted by molar-refractivity contribution is -0.174. The van der Waals surface area contributed by atoms with Crippen molar-refractivity contribution in [1.29, 1.82) is 0 Å². The van der Waals surface area contributed by atoms with Gasteiger partial charge in [0, 0.05) is 13.0 Å². The molecular weight excluding hydrogens is 417 g/mol. The molecule has 5 rings (SSSR count). The number of ether oxygens (including phenoxy) is 2. The molecule has 162 valence electrons. The third kappa shape index (κ3) is 3.56. The van der Waals surface area contributed by atoms with Crippen molar-refractivity contribution in [2.24, 2.45) is 0 Å². The number of rotatable bonds is 4. The minimum absolute atomic E-state index is 0.00170. The average Bonchev–Trinajstić information content (AvgIpc) is 3.50. The van der Waals surface area contributed by atoms with E-state index >= 15 is 0 Å². The van der Waals surface area contributed by atoms with Gasteiger partial charge in [0.15, 0.2) is 17.5 Å². The maximum absolute atomic E-state index is 13.7. The molecule has 0 radical (unpaired) electrons. The number of aromatic nitrogens is 2. The molecule has 8 nitrogen and oxygen atoms in total. The first-order valence-electron chi connectivity index (χ1n) is 9.51. The van der Waals surface area contributed by atoms with Crippen molar-refractivity contribution in [1.82, 2.24) is 15.1 Å². The number of carbonyl (C=O) groups excluding carboxylic acids is 1. The zero-order valence-electron chi connectivity index (χ0n) is 16.0. The van der Waals surface area contributed by atoms with Crippen molar-refractivity contribution < 1.29 is 31.9 Å². The molecule has 0 aliphatic carbocycles. The van der Waals surface area contributed by atoms with E-state index in [-0.39, 0.29) is 31.1 Å². The van der Waals surface area contributed by atoms with Crippen LogP contribution in [0.5, 0.6) is 11.5 Å². The van der Waals surface area contributed by atoms with Crippen molar-refractivity contribution in [3.63, 3.8) is 0 Å². The van der Waals surface area contributed by atoms with E-state index in [1.54, 1.807) is 30.3 Å².